The van der Waals surface area contributed by atoms with Crippen molar-refractivity contribution in [3.8, 4) is 0 Å². The van der Waals surface area contributed by atoms with E-state index >= 15 is 0 Å². The van der Waals surface area contributed by atoms with Gasteiger partial charge in [0.15, 0.2) is 0 Å². The van der Waals surface area contributed by atoms with Crippen LogP contribution in [0.15, 0.2) is 48.5 Å². The molecule has 0 fully saturated rings. The number of carbonyl (C=O) groups excluding carboxylic acids is 2. The van der Waals surface area contributed by atoms with Gasteiger partial charge >= 0.3 is 6.18 Å². The van der Waals surface area contributed by atoms with Gasteiger partial charge in [-0.25, -0.2) is 8.78 Å². The zero-order valence-electron chi connectivity index (χ0n) is 13.1. The molecule has 2 amide bonds. The summed E-state index contributed by atoms with van der Waals surface area (Å²) in [5, 5.41) is 4.32. The number of nitrogens with one attached hydrogen (secondary N) is 2. The van der Waals surface area contributed by atoms with E-state index in [-0.39, 0.29) is 17.8 Å². The average molecular weight is 372 g/mol. The van der Waals surface area contributed by atoms with Gasteiger partial charge in [-0.15, -0.1) is 0 Å². The summed E-state index contributed by atoms with van der Waals surface area (Å²) in [4.78, 5) is 23.2. The first kappa shape index (κ1) is 19.4. The van der Waals surface area contributed by atoms with Crippen molar-refractivity contribution in [2.24, 2.45) is 0 Å². The van der Waals surface area contributed by atoms with Crippen LogP contribution < -0.4 is 10.6 Å². The van der Waals surface area contributed by atoms with Gasteiger partial charge in [0.25, 0.3) is 18.0 Å². The molecule has 2 N–H and O–H groups in total. The second-order valence-electron chi connectivity index (χ2n) is 5.29. The van der Waals surface area contributed by atoms with Crippen LogP contribution >= 0.6 is 0 Å². The third-order valence-electron chi connectivity index (χ3n) is 3.26. The average Bonchev–Trinajstić information content (AvgIpc) is 2.58. The summed E-state index contributed by atoms with van der Waals surface area (Å²) in [6, 6.07) is 10.8. The Labute approximate surface area is 145 Å². The molecule has 0 bridgehead atoms. The number of anilines is 1. The van der Waals surface area contributed by atoms with Crippen LogP contribution in [0.1, 0.15) is 15.9 Å². The predicted molar refractivity (Wildman–Crippen MR) is 83.6 cm³/mol. The molecular weight excluding hydrogens is 359 g/mol. The molecule has 0 saturated carbocycles. The van der Waals surface area contributed by atoms with Crippen molar-refractivity contribution in [3.05, 3.63) is 65.5 Å². The molecule has 26 heavy (non-hydrogen) atoms. The molecule has 0 saturated heterocycles. The van der Waals surface area contributed by atoms with Gasteiger partial charge in [-0.05, 0) is 35.9 Å². The molecule has 2 aromatic carbocycles. The number of amides is 2. The van der Waals surface area contributed by atoms with Crippen molar-refractivity contribution >= 4 is 17.5 Å². The molecule has 2 rings (SSSR count). The molecule has 0 aliphatic heterocycles. The summed E-state index contributed by atoms with van der Waals surface area (Å²) in [6.07, 6.45) is -8.89. The van der Waals surface area contributed by atoms with Crippen LogP contribution in [0, 0.1) is 5.82 Å². The van der Waals surface area contributed by atoms with E-state index in [0.717, 1.165) is 6.07 Å². The van der Waals surface area contributed by atoms with E-state index in [2.05, 4.69) is 5.32 Å². The van der Waals surface area contributed by atoms with Gasteiger partial charge in [0.05, 0.1) is 0 Å². The summed E-state index contributed by atoms with van der Waals surface area (Å²) in [7, 11) is 0. The largest absolute Gasteiger partial charge is 0.428 e. The minimum absolute atomic E-state index is 0.0779. The third kappa shape index (κ3) is 5.27. The summed E-state index contributed by atoms with van der Waals surface area (Å²) >= 11 is 0. The van der Waals surface area contributed by atoms with E-state index in [1.165, 1.54) is 42.5 Å². The molecule has 4 nitrogen and oxygen atoms in total. The molecule has 0 aliphatic rings. The Morgan fingerprint density at radius 1 is 1.04 bits per heavy atom. The van der Waals surface area contributed by atoms with Crippen LogP contribution in [0.5, 0.6) is 0 Å². The van der Waals surface area contributed by atoms with Crippen LogP contribution in [-0.4, -0.2) is 24.2 Å². The molecule has 0 radical (unpaired) electrons. The lowest BCUT2D eigenvalue weighted by atomic mass is 10.1. The number of hydrogen-bond donors (Lipinski definition) is 2. The standard InChI is InChI=1S/C17H13F5N2O2/c18-12-5-2-4-11(8-12)15(25)24-13-6-1-3-10(7-13)9-23-16(26)14(19)17(20,21)22/h1-8,14H,9H2,(H,23,26)(H,24,25)/t14-/m1/s1. The van der Waals surface area contributed by atoms with Crippen LogP contribution in [0.2, 0.25) is 0 Å². The quantitative estimate of drug-likeness (QED) is 0.788. The number of halogens is 5. The second kappa shape index (κ2) is 7.94. The van der Waals surface area contributed by atoms with Crippen molar-refractivity contribution in [2.75, 3.05) is 5.32 Å². The maximum Gasteiger partial charge on any atom is 0.428 e. The van der Waals surface area contributed by atoms with Crippen LogP contribution in [0.25, 0.3) is 0 Å². The lowest BCUT2D eigenvalue weighted by molar-refractivity contribution is -0.186. The second-order valence-corrected chi connectivity index (χ2v) is 5.29. The number of rotatable bonds is 5. The van der Waals surface area contributed by atoms with Gasteiger partial charge in [0, 0.05) is 17.8 Å². The Morgan fingerprint density at radius 2 is 1.73 bits per heavy atom. The third-order valence-corrected chi connectivity index (χ3v) is 3.26. The van der Waals surface area contributed by atoms with Gasteiger partial charge in [-0.2, -0.15) is 13.2 Å². The minimum atomic E-state index is -5.27. The van der Waals surface area contributed by atoms with Crippen LogP contribution in [0.3, 0.4) is 0 Å². The molecular formula is C17H13F5N2O2. The van der Waals surface area contributed by atoms with Crippen molar-refractivity contribution in [1.82, 2.24) is 5.32 Å². The van der Waals surface area contributed by atoms with Gasteiger partial charge in [0.2, 0.25) is 0 Å². The molecule has 0 aromatic heterocycles. The number of hydrogen-bond acceptors (Lipinski definition) is 2. The van der Waals surface area contributed by atoms with E-state index in [4.69, 9.17) is 0 Å². The maximum absolute atomic E-state index is 13.1. The van der Waals surface area contributed by atoms with Crippen LogP contribution in [-0.2, 0) is 11.3 Å². The molecule has 2 aromatic rings. The molecule has 0 heterocycles. The van der Waals surface area contributed by atoms with Gasteiger partial charge in [-0.1, -0.05) is 18.2 Å². The zero-order valence-corrected chi connectivity index (χ0v) is 13.1. The summed E-state index contributed by atoms with van der Waals surface area (Å²) < 4.78 is 62.3. The van der Waals surface area contributed by atoms with Crippen molar-refractivity contribution in [2.45, 2.75) is 18.9 Å². The molecule has 1 atom stereocenters. The Balaban J connectivity index is 1.99. The highest BCUT2D eigenvalue weighted by molar-refractivity contribution is 6.04. The number of benzene rings is 2. The van der Waals surface area contributed by atoms with E-state index in [0.29, 0.717) is 5.56 Å². The molecule has 0 aliphatic carbocycles. The Morgan fingerprint density at radius 3 is 2.38 bits per heavy atom. The Bertz CT molecular complexity index is 808. The van der Waals surface area contributed by atoms with Crippen LogP contribution in [0.4, 0.5) is 27.6 Å². The first-order chi connectivity index (χ1) is 12.2. The van der Waals surface area contributed by atoms with E-state index in [1.54, 1.807) is 0 Å². The van der Waals surface area contributed by atoms with Gasteiger partial charge < -0.3 is 10.6 Å². The SMILES string of the molecule is O=C(Nc1cccc(CNC(=O)[C@@H](F)C(F)(F)F)c1)c1cccc(F)c1. The van der Waals surface area contributed by atoms with E-state index in [9.17, 15) is 31.5 Å². The monoisotopic (exact) mass is 372 g/mol. The molecule has 0 unspecified atom stereocenters. The first-order valence-corrected chi connectivity index (χ1v) is 7.31. The Hall–Kier alpha value is -2.97. The van der Waals surface area contributed by atoms with Crippen molar-refractivity contribution in [1.29, 1.82) is 0 Å². The molecule has 138 valence electrons. The lowest BCUT2D eigenvalue weighted by Crippen LogP contribution is -2.40. The van der Waals surface area contributed by atoms with Gasteiger partial charge in [-0.3, -0.25) is 9.59 Å². The Kier molecular flexibility index (Phi) is 5.91. The van der Waals surface area contributed by atoms with Crippen molar-refractivity contribution in [3.63, 3.8) is 0 Å². The smallest absolute Gasteiger partial charge is 0.349 e. The fourth-order valence-electron chi connectivity index (χ4n) is 2.02. The minimum Gasteiger partial charge on any atom is -0.349 e. The summed E-state index contributed by atoms with van der Waals surface area (Å²) in [5.74, 6) is -2.97. The highest BCUT2D eigenvalue weighted by Gasteiger charge is 2.45. The lowest BCUT2D eigenvalue weighted by Gasteiger charge is -2.13. The first-order valence-electron chi connectivity index (χ1n) is 7.31. The van der Waals surface area contributed by atoms with E-state index < -0.39 is 30.0 Å². The fourth-order valence-corrected chi connectivity index (χ4v) is 2.02. The highest BCUT2D eigenvalue weighted by Crippen LogP contribution is 2.23. The predicted octanol–water partition coefficient (Wildman–Crippen LogP) is 3.59. The van der Waals surface area contributed by atoms with E-state index in [1.807, 2.05) is 5.32 Å². The number of alkyl halides is 4. The zero-order chi connectivity index (χ0) is 19.3. The molecule has 0 spiro atoms. The summed E-state index contributed by atoms with van der Waals surface area (Å²) in [6.45, 7) is -0.362. The van der Waals surface area contributed by atoms with Gasteiger partial charge in [0.1, 0.15) is 5.82 Å². The molecule has 9 heteroatoms. The van der Waals surface area contributed by atoms with Crippen molar-refractivity contribution < 1.29 is 31.5 Å². The topological polar surface area (TPSA) is 58.2 Å². The highest BCUT2D eigenvalue weighted by atomic mass is 19.4. The summed E-state index contributed by atoms with van der Waals surface area (Å²) in [5.41, 5.74) is 0.692. The normalized spacial score (nSPS) is 12.3. The fraction of sp³-hybridized carbons (Fsp3) is 0.176. The number of carbonyl (C=O) groups is 2. The maximum atomic E-state index is 13.1.